The number of unbranched alkanes of at least 4 members (excludes halogenated alkanes) is 3. The average molecular weight is 396 g/mol. The molecule has 0 unspecified atom stereocenters. The van der Waals surface area contributed by atoms with Gasteiger partial charge in [0.25, 0.3) is 0 Å². The Morgan fingerprint density at radius 3 is 2.38 bits per heavy atom. The Labute approximate surface area is 168 Å². The molecule has 0 radical (unpaired) electrons. The van der Waals surface area contributed by atoms with Crippen molar-refractivity contribution >= 4 is 21.8 Å². The molecule has 0 spiro atoms. The van der Waals surface area contributed by atoms with Crippen molar-refractivity contribution in [1.29, 1.82) is 0 Å². The Hall–Kier alpha value is -2.82. The van der Waals surface area contributed by atoms with Gasteiger partial charge < -0.3 is 4.57 Å². The van der Waals surface area contributed by atoms with Crippen molar-refractivity contribution in [2.45, 2.75) is 45.3 Å². The van der Waals surface area contributed by atoms with Crippen LogP contribution in [0.1, 0.15) is 38.2 Å². The zero-order chi connectivity index (χ0) is 20.4. The number of rotatable bonds is 6. The van der Waals surface area contributed by atoms with E-state index < -0.39 is 11.7 Å². The normalized spacial score (nSPS) is 12.1. The predicted molar refractivity (Wildman–Crippen MR) is 112 cm³/mol. The fourth-order valence-corrected chi connectivity index (χ4v) is 3.88. The molecular formula is C24H23F3N2. The number of halogens is 3. The van der Waals surface area contributed by atoms with Crippen LogP contribution in [-0.4, -0.2) is 9.55 Å². The van der Waals surface area contributed by atoms with Gasteiger partial charge in [-0.3, -0.25) is 4.98 Å². The number of nitrogens with zero attached hydrogens (tertiary/aromatic N) is 2. The minimum absolute atomic E-state index is 0.544. The highest BCUT2D eigenvalue weighted by Crippen LogP contribution is 2.33. The Morgan fingerprint density at radius 1 is 0.862 bits per heavy atom. The van der Waals surface area contributed by atoms with Crippen molar-refractivity contribution < 1.29 is 13.2 Å². The Morgan fingerprint density at radius 2 is 1.66 bits per heavy atom. The summed E-state index contributed by atoms with van der Waals surface area (Å²) in [5.74, 6) is 0. The van der Waals surface area contributed by atoms with Crippen LogP contribution in [0, 0.1) is 0 Å². The van der Waals surface area contributed by atoms with Gasteiger partial charge in [-0.1, -0.05) is 56.5 Å². The Bertz CT molecular complexity index is 1120. The topological polar surface area (TPSA) is 17.8 Å². The molecule has 0 bridgehead atoms. The highest BCUT2D eigenvalue weighted by atomic mass is 19.4. The number of pyridine rings is 1. The molecule has 5 heteroatoms. The van der Waals surface area contributed by atoms with E-state index in [0.29, 0.717) is 5.69 Å². The Kier molecular flexibility index (Phi) is 5.31. The first-order valence-electron chi connectivity index (χ1n) is 10.0. The molecule has 4 aromatic rings. The minimum atomic E-state index is -4.37. The summed E-state index contributed by atoms with van der Waals surface area (Å²) in [5.41, 5.74) is 2.93. The fourth-order valence-electron chi connectivity index (χ4n) is 3.88. The highest BCUT2D eigenvalue weighted by Gasteiger charge is 2.30. The lowest BCUT2D eigenvalue weighted by Crippen LogP contribution is -2.05. The van der Waals surface area contributed by atoms with E-state index in [1.807, 2.05) is 24.3 Å². The molecule has 2 nitrogen and oxygen atoms in total. The van der Waals surface area contributed by atoms with E-state index in [1.165, 1.54) is 36.2 Å². The van der Waals surface area contributed by atoms with Gasteiger partial charge in [-0.15, -0.1) is 0 Å². The maximum atomic E-state index is 12.8. The number of fused-ring (bicyclic) bond motifs is 3. The summed E-state index contributed by atoms with van der Waals surface area (Å²) in [5, 5.41) is 2.36. The van der Waals surface area contributed by atoms with E-state index in [9.17, 15) is 13.2 Å². The molecule has 0 aliphatic heterocycles. The summed E-state index contributed by atoms with van der Waals surface area (Å²) in [6.07, 6.45) is 1.23. The standard InChI is InChI=1S/C24H23F3N2/c1-2-3-4-7-14-29-22-9-6-5-8-19(22)20-12-10-17(15-23(20)29)21-13-11-18(16-28-21)24(25,26)27/h5-6,8-13,15-16H,2-4,7,14H2,1H3. The predicted octanol–water partition coefficient (Wildman–Crippen LogP) is 7.46. The number of aryl methyl sites for hydroxylation is 1. The summed E-state index contributed by atoms with van der Waals surface area (Å²) in [4.78, 5) is 4.06. The number of benzene rings is 2. The van der Waals surface area contributed by atoms with E-state index >= 15 is 0 Å². The molecular weight excluding hydrogens is 373 g/mol. The van der Waals surface area contributed by atoms with Crippen molar-refractivity contribution in [3.05, 3.63) is 66.4 Å². The van der Waals surface area contributed by atoms with Crippen molar-refractivity contribution in [2.75, 3.05) is 0 Å². The zero-order valence-electron chi connectivity index (χ0n) is 16.3. The van der Waals surface area contributed by atoms with Gasteiger partial charge in [0, 0.05) is 40.1 Å². The summed E-state index contributed by atoms with van der Waals surface area (Å²) in [6, 6.07) is 16.9. The van der Waals surface area contributed by atoms with Gasteiger partial charge in [0.2, 0.25) is 0 Å². The van der Waals surface area contributed by atoms with Crippen molar-refractivity contribution in [2.24, 2.45) is 0 Å². The van der Waals surface area contributed by atoms with E-state index in [4.69, 9.17) is 0 Å². The third-order valence-electron chi connectivity index (χ3n) is 5.40. The molecule has 150 valence electrons. The Balaban J connectivity index is 1.77. The molecule has 0 amide bonds. The van der Waals surface area contributed by atoms with Crippen LogP contribution in [0.5, 0.6) is 0 Å². The van der Waals surface area contributed by atoms with Crippen LogP contribution in [0.15, 0.2) is 60.8 Å². The summed E-state index contributed by atoms with van der Waals surface area (Å²) >= 11 is 0. The van der Waals surface area contributed by atoms with Crippen LogP contribution in [-0.2, 0) is 12.7 Å². The first-order valence-corrected chi connectivity index (χ1v) is 10.0. The van der Waals surface area contributed by atoms with Crippen molar-refractivity contribution in [1.82, 2.24) is 9.55 Å². The molecule has 0 atom stereocenters. The molecule has 0 N–H and O–H groups in total. The maximum Gasteiger partial charge on any atom is 0.417 e. The highest BCUT2D eigenvalue weighted by molar-refractivity contribution is 6.08. The van der Waals surface area contributed by atoms with Gasteiger partial charge in [-0.2, -0.15) is 13.2 Å². The third kappa shape index (κ3) is 3.86. The number of hydrogen-bond acceptors (Lipinski definition) is 1. The monoisotopic (exact) mass is 396 g/mol. The summed E-state index contributed by atoms with van der Waals surface area (Å²) in [7, 11) is 0. The molecule has 2 heterocycles. The molecule has 0 saturated carbocycles. The quantitative estimate of drug-likeness (QED) is 0.309. The van der Waals surface area contributed by atoms with Gasteiger partial charge >= 0.3 is 6.18 Å². The number of hydrogen-bond donors (Lipinski definition) is 0. The molecule has 4 rings (SSSR count). The average Bonchev–Trinajstić information content (AvgIpc) is 3.04. The molecule has 0 fully saturated rings. The summed E-state index contributed by atoms with van der Waals surface area (Å²) in [6.45, 7) is 3.12. The molecule has 0 saturated heterocycles. The fraction of sp³-hybridized carbons (Fsp3) is 0.292. The van der Waals surface area contributed by atoms with Crippen LogP contribution in [0.2, 0.25) is 0 Å². The van der Waals surface area contributed by atoms with E-state index in [0.717, 1.165) is 41.7 Å². The first-order chi connectivity index (χ1) is 14.0. The van der Waals surface area contributed by atoms with E-state index in [-0.39, 0.29) is 0 Å². The minimum Gasteiger partial charge on any atom is -0.340 e. The zero-order valence-corrected chi connectivity index (χ0v) is 16.3. The lowest BCUT2D eigenvalue weighted by atomic mass is 10.1. The van der Waals surface area contributed by atoms with Crippen LogP contribution >= 0.6 is 0 Å². The van der Waals surface area contributed by atoms with Gasteiger partial charge in [0.15, 0.2) is 0 Å². The molecule has 29 heavy (non-hydrogen) atoms. The first kappa shape index (κ1) is 19.5. The van der Waals surface area contributed by atoms with E-state index in [2.05, 4.69) is 34.7 Å². The maximum absolute atomic E-state index is 12.8. The smallest absolute Gasteiger partial charge is 0.340 e. The molecule has 2 aromatic heterocycles. The van der Waals surface area contributed by atoms with Gasteiger partial charge in [-0.25, -0.2) is 0 Å². The lowest BCUT2D eigenvalue weighted by molar-refractivity contribution is -0.137. The molecule has 2 aromatic carbocycles. The second-order valence-corrected chi connectivity index (χ2v) is 7.39. The van der Waals surface area contributed by atoms with E-state index in [1.54, 1.807) is 0 Å². The van der Waals surface area contributed by atoms with Crippen LogP contribution in [0.4, 0.5) is 13.2 Å². The second-order valence-electron chi connectivity index (χ2n) is 7.39. The molecule has 0 aliphatic carbocycles. The van der Waals surface area contributed by atoms with Gasteiger partial charge in [0.05, 0.1) is 11.3 Å². The summed E-state index contributed by atoms with van der Waals surface area (Å²) < 4.78 is 40.8. The van der Waals surface area contributed by atoms with Crippen molar-refractivity contribution in [3.8, 4) is 11.3 Å². The second kappa shape index (κ2) is 7.90. The molecule has 0 aliphatic rings. The van der Waals surface area contributed by atoms with Crippen molar-refractivity contribution in [3.63, 3.8) is 0 Å². The number of alkyl halides is 3. The lowest BCUT2D eigenvalue weighted by Gasteiger charge is -2.09. The third-order valence-corrected chi connectivity index (χ3v) is 5.40. The largest absolute Gasteiger partial charge is 0.417 e. The van der Waals surface area contributed by atoms with Gasteiger partial charge in [0.1, 0.15) is 0 Å². The number of para-hydroxylation sites is 1. The number of aromatic nitrogens is 2. The van der Waals surface area contributed by atoms with Crippen LogP contribution in [0.3, 0.4) is 0 Å². The van der Waals surface area contributed by atoms with Crippen LogP contribution in [0.25, 0.3) is 33.1 Å². The SMILES string of the molecule is CCCCCCn1c2ccccc2c2ccc(-c3ccc(C(F)(F)F)cn3)cc21. The van der Waals surface area contributed by atoms with Crippen LogP contribution < -0.4 is 0 Å². The van der Waals surface area contributed by atoms with Gasteiger partial charge in [-0.05, 0) is 30.7 Å².